The molecule has 1 rings (SSSR count). The van der Waals surface area contributed by atoms with E-state index in [0.29, 0.717) is 5.56 Å². The van der Waals surface area contributed by atoms with Crippen molar-refractivity contribution in [3.63, 3.8) is 0 Å². The topological polar surface area (TPSA) is 37.3 Å². The van der Waals surface area contributed by atoms with Gasteiger partial charge in [-0.15, -0.1) is 0 Å². The number of Topliss-reactive ketones (excluding diaryl/α,β-unsaturated/α-hetero) is 1. The summed E-state index contributed by atoms with van der Waals surface area (Å²) >= 11 is 3.43. The Morgan fingerprint density at radius 2 is 2.06 bits per heavy atom. The molecule has 1 aromatic carbocycles. The summed E-state index contributed by atoms with van der Waals surface area (Å²) in [5, 5.41) is 9.72. The second-order valence-corrected chi connectivity index (χ2v) is 5.81. The number of halogens is 1. The predicted molar refractivity (Wildman–Crippen MR) is 78.6 cm³/mol. The number of alkyl halides is 1. The third kappa shape index (κ3) is 4.45. The van der Waals surface area contributed by atoms with E-state index in [4.69, 9.17) is 0 Å². The molecule has 1 aromatic rings. The van der Waals surface area contributed by atoms with E-state index in [0.717, 1.165) is 24.8 Å². The molecule has 0 radical (unpaired) electrons. The van der Waals surface area contributed by atoms with Gasteiger partial charge in [-0.1, -0.05) is 60.2 Å². The highest BCUT2D eigenvalue weighted by molar-refractivity contribution is 9.10. The van der Waals surface area contributed by atoms with Gasteiger partial charge in [0.25, 0.3) is 0 Å². The lowest BCUT2D eigenvalue weighted by Crippen LogP contribution is -2.14. The van der Waals surface area contributed by atoms with Crippen molar-refractivity contribution >= 4 is 21.7 Å². The van der Waals surface area contributed by atoms with E-state index in [1.807, 2.05) is 6.92 Å². The molecule has 0 fully saturated rings. The summed E-state index contributed by atoms with van der Waals surface area (Å²) < 4.78 is 0. The number of aryl methyl sites for hydroxylation is 1. The average Bonchev–Trinajstić information content (AvgIpc) is 2.36. The van der Waals surface area contributed by atoms with Crippen molar-refractivity contribution in [3.8, 4) is 5.75 Å². The number of hydrogen-bond donors (Lipinski definition) is 1. The second kappa shape index (κ2) is 7.57. The molecule has 18 heavy (non-hydrogen) atoms. The van der Waals surface area contributed by atoms with Gasteiger partial charge in [0.15, 0.2) is 5.78 Å². The number of hydrogen-bond acceptors (Lipinski definition) is 2. The van der Waals surface area contributed by atoms with Crippen LogP contribution in [0, 0.1) is 6.92 Å². The van der Waals surface area contributed by atoms with Crippen molar-refractivity contribution in [2.75, 3.05) is 0 Å². The van der Waals surface area contributed by atoms with Crippen LogP contribution < -0.4 is 0 Å². The molecule has 3 heteroatoms. The van der Waals surface area contributed by atoms with E-state index in [1.54, 1.807) is 18.2 Å². The van der Waals surface area contributed by atoms with Crippen LogP contribution in [0.5, 0.6) is 5.75 Å². The number of ketones is 1. The van der Waals surface area contributed by atoms with Gasteiger partial charge >= 0.3 is 0 Å². The van der Waals surface area contributed by atoms with Gasteiger partial charge in [0.1, 0.15) is 5.75 Å². The minimum Gasteiger partial charge on any atom is -0.507 e. The summed E-state index contributed by atoms with van der Waals surface area (Å²) in [4.78, 5) is 12.0. The highest BCUT2D eigenvalue weighted by atomic mass is 79.9. The monoisotopic (exact) mass is 312 g/mol. The van der Waals surface area contributed by atoms with E-state index in [9.17, 15) is 9.90 Å². The van der Waals surface area contributed by atoms with Gasteiger partial charge < -0.3 is 5.11 Å². The first-order valence-electron chi connectivity index (χ1n) is 6.54. The molecule has 0 aliphatic rings. The molecule has 0 saturated carbocycles. The molecule has 1 unspecified atom stereocenters. The summed E-state index contributed by atoms with van der Waals surface area (Å²) in [6.45, 7) is 4.09. The lowest BCUT2D eigenvalue weighted by Gasteiger charge is -2.10. The largest absolute Gasteiger partial charge is 0.507 e. The van der Waals surface area contributed by atoms with E-state index in [-0.39, 0.29) is 16.4 Å². The van der Waals surface area contributed by atoms with Gasteiger partial charge in [-0.3, -0.25) is 4.79 Å². The van der Waals surface area contributed by atoms with Gasteiger partial charge in [0.2, 0.25) is 0 Å². The Morgan fingerprint density at radius 1 is 1.33 bits per heavy atom. The number of unbranched alkanes of at least 4 members (excludes halogenated alkanes) is 3. The minimum absolute atomic E-state index is 0.0206. The molecule has 0 amide bonds. The van der Waals surface area contributed by atoms with Crippen LogP contribution in [0.15, 0.2) is 18.2 Å². The zero-order valence-electron chi connectivity index (χ0n) is 11.1. The van der Waals surface area contributed by atoms with Crippen molar-refractivity contribution < 1.29 is 9.90 Å². The van der Waals surface area contributed by atoms with Crippen LogP contribution in [-0.4, -0.2) is 15.7 Å². The third-order valence-electron chi connectivity index (χ3n) is 3.01. The fourth-order valence-corrected chi connectivity index (χ4v) is 2.47. The number of carbonyl (C=O) groups is 1. The normalized spacial score (nSPS) is 12.4. The molecule has 2 nitrogen and oxygen atoms in total. The van der Waals surface area contributed by atoms with Gasteiger partial charge in [-0.2, -0.15) is 0 Å². The molecule has 0 aromatic heterocycles. The van der Waals surface area contributed by atoms with Crippen molar-refractivity contribution in [2.24, 2.45) is 0 Å². The standard InChI is InChI=1S/C15H21BrO2/c1-3-4-5-6-7-13(16)15(18)12-10-11(2)8-9-14(12)17/h8-10,13,17H,3-7H2,1-2H3. The summed E-state index contributed by atoms with van der Waals surface area (Å²) in [6.07, 6.45) is 5.43. The Balaban J connectivity index is 2.60. The molecular formula is C15H21BrO2. The molecule has 0 saturated heterocycles. The molecule has 0 aliphatic carbocycles. The number of phenolic OH excluding ortho intramolecular Hbond substituents is 1. The Bertz CT molecular complexity index is 401. The van der Waals surface area contributed by atoms with E-state index in [2.05, 4.69) is 22.9 Å². The lowest BCUT2D eigenvalue weighted by molar-refractivity contribution is 0.0985. The van der Waals surface area contributed by atoms with E-state index in [1.165, 1.54) is 12.8 Å². The van der Waals surface area contributed by atoms with Crippen LogP contribution in [0.4, 0.5) is 0 Å². The van der Waals surface area contributed by atoms with Crippen molar-refractivity contribution in [3.05, 3.63) is 29.3 Å². The fraction of sp³-hybridized carbons (Fsp3) is 0.533. The second-order valence-electron chi connectivity index (χ2n) is 4.70. The maximum atomic E-state index is 12.2. The Hall–Kier alpha value is -0.830. The van der Waals surface area contributed by atoms with Crippen LogP contribution in [-0.2, 0) is 0 Å². The SMILES string of the molecule is CCCCCCC(Br)C(=O)c1cc(C)ccc1O. The smallest absolute Gasteiger partial charge is 0.180 e. The van der Waals surface area contributed by atoms with Crippen LogP contribution in [0.25, 0.3) is 0 Å². The number of carbonyl (C=O) groups excluding carboxylic acids is 1. The number of benzene rings is 1. The van der Waals surface area contributed by atoms with E-state index < -0.39 is 0 Å². The molecule has 0 aliphatic heterocycles. The van der Waals surface area contributed by atoms with Crippen LogP contribution >= 0.6 is 15.9 Å². The van der Waals surface area contributed by atoms with Gasteiger partial charge in [-0.25, -0.2) is 0 Å². The van der Waals surface area contributed by atoms with Crippen LogP contribution in [0.1, 0.15) is 54.9 Å². The van der Waals surface area contributed by atoms with Gasteiger partial charge in [0, 0.05) is 0 Å². The molecule has 0 bridgehead atoms. The highest BCUT2D eigenvalue weighted by Crippen LogP contribution is 2.24. The Labute approximate surface area is 118 Å². The van der Waals surface area contributed by atoms with Gasteiger partial charge in [0.05, 0.1) is 10.4 Å². The Kier molecular flexibility index (Phi) is 6.41. The molecule has 1 atom stereocenters. The summed E-state index contributed by atoms with van der Waals surface area (Å²) in [6, 6.07) is 5.13. The zero-order valence-corrected chi connectivity index (χ0v) is 12.7. The fourth-order valence-electron chi connectivity index (χ4n) is 1.90. The first kappa shape index (κ1) is 15.2. The van der Waals surface area contributed by atoms with Crippen LogP contribution in [0.3, 0.4) is 0 Å². The summed E-state index contributed by atoms with van der Waals surface area (Å²) in [5.41, 5.74) is 1.41. The van der Waals surface area contributed by atoms with Crippen LogP contribution in [0.2, 0.25) is 0 Å². The summed E-state index contributed by atoms with van der Waals surface area (Å²) in [7, 11) is 0. The maximum Gasteiger partial charge on any atom is 0.180 e. The molecular weight excluding hydrogens is 292 g/mol. The first-order chi connectivity index (χ1) is 8.56. The first-order valence-corrected chi connectivity index (χ1v) is 7.45. The molecule has 100 valence electrons. The van der Waals surface area contributed by atoms with E-state index >= 15 is 0 Å². The quantitative estimate of drug-likeness (QED) is 0.453. The predicted octanol–water partition coefficient (Wildman–Crippen LogP) is 4.62. The number of rotatable bonds is 7. The molecule has 0 spiro atoms. The maximum absolute atomic E-state index is 12.2. The number of phenols is 1. The third-order valence-corrected chi connectivity index (χ3v) is 3.89. The lowest BCUT2D eigenvalue weighted by atomic mass is 10.0. The average molecular weight is 313 g/mol. The summed E-state index contributed by atoms with van der Waals surface area (Å²) in [5.74, 6) is 0.0521. The highest BCUT2D eigenvalue weighted by Gasteiger charge is 2.19. The van der Waals surface area contributed by atoms with Crippen molar-refractivity contribution in [1.82, 2.24) is 0 Å². The van der Waals surface area contributed by atoms with Gasteiger partial charge in [-0.05, 0) is 25.5 Å². The zero-order chi connectivity index (χ0) is 13.5. The number of aromatic hydroxyl groups is 1. The Morgan fingerprint density at radius 3 is 2.72 bits per heavy atom. The molecule has 0 heterocycles. The van der Waals surface area contributed by atoms with Crippen molar-refractivity contribution in [2.45, 2.75) is 50.8 Å². The van der Waals surface area contributed by atoms with Crippen molar-refractivity contribution in [1.29, 1.82) is 0 Å². The minimum atomic E-state index is -0.193. The molecule has 1 N–H and O–H groups in total.